The van der Waals surface area contributed by atoms with E-state index in [9.17, 15) is 43.5 Å². The Kier molecular flexibility index (Phi) is 19.5. The Labute approximate surface area is 470 Å². The summed E-state index contributed by atoms with van der Waals surface area (Å²) in [5, 5.41) is 19.7. The Hall–Kier alpha value is -7.30. The van der Waals surface area contributed by atoms with Gasteiger partial charge in [0.05, 0.1) is 17.4 Å². The lowest BCUT2D eigenvalue weighted by atomic mass is 9.88. The Balaban J connectivity index is 0.879. The van der Waals surface area contributed by atoms with E-state index in [1.165, 1.54) is 17.1 Å². The van der Waals surface area contributed by atoms with E-state index >= 15 is 0 Å². The molecule has 0 radical (unpaired) electrons. The zero-order valence-corrected chi connectivity index (χ0v) is 46.2. The highest BCUT2D eigenvalue weighted by Gasteiger charge is 2.37. The van der Waals surface area contributed by atoms with Crippen LogP contribution < -0.4 is 30.9 Å². The number of ether oxygens (including phenoxy) is 1. The Morgan fingerprint density at radius 1 is 0.709 bits per heavy atom. The van der Waals surface area contributed by atoms with Crippen molar-refractivity contribution in [1.82, 2.24) is 15.5 Å². The number of anilines is 2. The van der Waals surface area contributed by atoms with Crippen LogP contribution in [0, 0.1) is 11.8 Å². The molecular weight excluding hydrogens is 1050 g/mol. The van der Waals surface area contributed by atoms with E-state index in [0.717, 1.165) is 32.8 Å². The van der Waals surface area contributed by atoms with E-state index in [2.05, 4.69) is 10.6 Å². The van der Waals surface area contributed by atoms with Crippen LogP contribution in [0.2, 0.25) is 0 Å². The fourth-order valence-corrected chi connectivity index (χ4v) is 11.6. The second-order valence-electron chi connectivity index (χ2n) is 21.1. The fourth-order valence-electron chi connectivity index (χ4n) is 11.1. The fraction of sp³-hybridized carbons (Fsp3) is 0.410. The maximum atomic E-state index is 14.1. The van der Waals surface area contributed by atoms with Crippen molar-refractivity contribution in [1.29, 1.82) is 0 Å². The summed E-state index contributed by atoms with van der Waals surface area (Å²) >= 11 is 13.0. The standard InChI is InChI=1S/C61H68Cl2N6O10/c1-37(2)47(29-42(70)12-4-3-9-27-67-56(75)24-25-57(67)76)60(77)66-48(17-11-26-65-61(64)78)52(72)28-38-20-22-39(23-21-38)36-79-53-31-50-59(46-16-8-6-14-44(46)53)41(33-63)35-69(50)55(74)19-10-18-54(73)68-34-40(32-62)58-45-15-7-5-13-43(45)51(71)30-49(58)68/h5-8,13-16,20-25,30-31,37,40-41,47-48,71H,3-4,9-12,17-19,26-29,32-36H2,1-2H3,(H,66,77)(H3,64,65,78)/t40-,41-,47+,48+/m1/s1. The summed E-state index contributed by atoms with van der Waals surface area (Å²) in [6, 6.07) is 24.7. The summed E-state index contributed by atoms with van der Waals surface area (Å²) in [7, 11) is 0. The van der Waals surface area contributed by atoms with Gasteiger partial charge in [-0.05, 0) is 71.0 Å². The molecule has 3 aliphatic heterocycles. The van der Waals surface area contributed by atoms with Crippen molar-refractivity contribution in [3.05, 3.63) is 119 Å². The SMILES string of the molecule is CC(C)[C@H](CC(=O)CCCCCN1C(=O)C=CC1=O)C(=O)N[C@@H](CCCNC(N)=O)C(=O)Cc1ccc(COc2cc3c(c4ccccc24)[C@H](CCl)CN3C(=O)CCCC(=O)N2C[C@@H](CCl)c3c2cc(O)c2ccccc32)cc1. The number of nitrogens with two attached hydrogens (primary N) is 1. The van der Waals surface area contributed by atoms with Gasteiger partial charge in [0.15, 0.2) is 5.78 Å². The van der Waals surface area contributed by atoms with Gasteiger partial charge in [0.1, 0.15) is 23.9 Å². The van der Waals surface area contributed by atoms with Gasteiger partial charge in [0, 0.05) is 123 Å². The first kappa shape index (κ1) is 57.9. The molecule has 3 heterocycles. The number of rotatable bonds is 27. The molecule has 16 nitrogen and oxygen atoms in total. The average molecular weight is 1120 g/mol. The van der Waals surface area contributed by atoms with E-state index in [4.69, 9.17) is 33.7 Å². The van der Waals surface area contributed by atoms with Crippen molar-refractivity contribution in [2.24, 2.45) is 17.6 Å². The van der Waals surface area contributed by atoms with Crippen LogP contribution in [0.4, 0.5) is 16.2 Å². The van der Waals surface area contributed by atoms with Crippen LogP contribution in [0.3, 0.4) is 0 Å². The van der Waals surface area contributed by atoms with Crippen molar-refractivity contribution in [2.45, 2.75) is 109 Å². The number of benzene rings is 5. The third-order valence-electron chi connectivity index (χ3n) is 15.3. The number of halogens is 2. The quantitative estimate of drug-likeness (QED) is 0.0221. The maximum absolute atomic E-state index is 14.1. The zero-order valence-electron chi connectivity index (χ0n) is 44.6. The third-order valence-corrected chi connectivity index (χ3v) is 16.1. The van der Waals surface area contributed by atoms with E-state index in [1.54, 1.807) is 15.9 Å². The molecule has 5 aromatic rings. The largest absolute Gasteiger partial charge is 0.507 e. The summed E-state index contributed by atoms with van der Waals surface area (Å²) in [5.41, 5.74) is 10.1. The van der Waals surface area contributed by atoms with Gasteiger partial charge in [-0.3, -0.25) is 38.5 Å². The molecular formula is C61H68Cl2N6O10. The first-order valence-electron chi connectivity index (χ1n) is 27.2. The number of phenols is 1. The van der Waals surface area contributed by atoms with E-state index in [-0.39, 0.29) is 117 Å². The number of hydrogen-bond donors (Lipinski definition) is 4. The number of primary amides is 1. The van der Waals surface area contributed by atoms with E-state index in [0.29, 0.717) is 85.0 Å². The molecule has 79 heavy (non-hydrogen) atoms. The number of urea groups is 1. The normalized spacial score (nSPS) is 16.4. The molecule has 0 spiro atoms. The number of phenolic OH excluding ortho intramolecular Hbond substituents is 1. The summed E-state index contributed by atoms with van der Waals surface area (Å²) < 4.78 is 6.53. The predicted octanol–water partition coefficient (Wildman–Crippen LogP) is 9.25. The number of unbranched alkanes of at least 4 members (excludes halogenated alkanes) is 2. The highest BCUT2D eigenvalue weighted by molar-refractivity contribution is 6.19. The van der Waals surface area contributed by atoms with Gasteiger partial charge in [-0.25, -0.2) is 4.79 Å². The number of alkyl halides is 2. The number of amides is 7. The Morgan fingerprint density at radius 2 is 1.28 bits per heavy atom. The molecule has 0 saturated heterocycles. The molecule has 5 N–H and O–H groups in total. The summed E-state index contributed by atoms with van der Waals surface area (Å²) in [6.07, 6.45) is 5.61. The number of carbonyl (C=O) groups is 8. The lowest BCUT2D eigenvalue weighted by Gasteiger charge is -2.24. The number of imide groups is 1. The molecule has 4 atom stereocenters. The molecule has 5 aromatic carbocycles. The van der Waals surface area contributed by atoms with Crippen LogP contribution in [0.15, 0.2) is 97.1 Å². The van der Waals surface area contributed by atoms with Gasteiger partial charge in [0.2, 0.25) is 17.7 Å². The van der Waals surface area contributed by atoms with E-state index in [1.807, 2.05) is 92.7 Å². The molecule has 3 aliphatic rings. The Bertz CT molecular complexity index is 3150. The van der Waals surface area contributed by atoms with Gasteiger partial charge in [0.25, 0.3) is 11.8 Å². The lowest BCUT2D eigenvalue weighted by Crippen LogP contribution is -2.46. The number of Topliss-reactive ketones (excluding diaryl/α,β-unsaturated/α-hetero) is 2. The minimum absolute atomic E-state index is 0.00224. The topological polar surface area (TPSA) is 226 Å². The van der Waals surface area contributed by atoms with Crippen LogP contribution in [0.5, 0.6) is 11.5 Å². The molecule has 18 heteroatoms. The number of hydrogen-bond acceptors (Lipinski definition) is 10. The number of nitrogens with one attached hydrogen (secondary N) is 2. The first-order chi connectivity index (χ1) is 38.1. The molecule has 0 fully saturated rings. The van der Waals surface area contributed by atoms with Gasteiger partial charge >= 0.3 is 6.03 Å². The molecule has 0 bridgehead atoms. The minimum Gasteiger partial charge on any atom is -0.507 e. The molecule has 8 rings (SSSR count). The zero-order chi connectivity index (χ0) is 56.3. The number of ketones is 2. The Morgan fingerprint density at radius 3 is 1.87 bits per heavy atom. The van der Waals surface area contributed by atoms with Crippen molar-refractivity contribution < 1.29 is 48.2 Å². The predicted molar refractivity (Wildman–Crippen MR) is 306 cm³/mol. The first-order valence-corrected chi connectivity index (χ1v) is 28.3. The van der Waals surface area contributed by atoms with Crippen LogP contribution in [0.25, 0.3) is 21.5 Å². The summed E-state index contributed by atoms with van der Waals surface area (Å²) in [4.78, 5) is 109. The van der Waals surface area contributed by atoms with Crippen molar-refractivity contribution >= 4 is 103 Å². The second kappa shape index (κ2) is 26.6. The molecule has 0 saturated carbocycles. The van der Waals surface area contributed by atoms with Crippen molar-refractivity contribution in [2.75, 3.05) is 47.7 Å². The lowest BCUT2D eigenvalue weighted by molar-refractivity contribution is -0.137. The molecule has 0 aliphatic carbocycles. The maximum Gasteiger partial charge on any atom is 0.312 e. The van der Waals surface area contributed by atoms with Gasteiger partial charge in [-0.15, -0.1) is 23.2 Å². The van der Waals surface area contributed by atoms with Crippen LogP contribution >= 0.6 is 23.2 Å². The molecule has 7 amide bonds. The summed E-state index contributed by atoms with van der Waals surface area (Å²) in [6.45, 7) is 5.13. The monoisotopic (exact) mass is 1110 g/mol. The van der Waals surface area contributed by atoms with Gasteiger partial charge < -0.3 is 36.0 Å². The minimum atomic E-state index is -0.900. The summed E-state index contributed by atoms with van der Waals surface area (Å²) in [5.74, 6) is -1.55. The molecule has 0 aromatic heterocycles. The molecule has 416 valence electrons. The third kappa shape index (κ3) is 13.8. The van der Waals surface area contributed by atoms with E-state index < -0.39 is 23.9 Å². The second-order valence-corrected chi connectivity index (χ2v) is 21.7. The smallest absolute Gasteiger partial charge is 0.312 e. The van der Waals surface area contributed by atoms with Crippen LogP contribution in [-0.2, 0) is 46.6 Å². The van der Waals surface area contributed by atoms with Gasteiger partial charge in [-0.2, -0.15) is 0 Å². The van der Waals surface area contributed by atoms with Gasteiger partial charge in [-0.1, -0.05) is 93.1 Å². The highest BCUT2D eigenvalue weighted by Crippen LogP contribution is 2.47. The number of aromatic hydroxyl groups is 1. The molecule has 0 unspecified atom stereocenters. The average Bonchev–Trinajstić information content (AvgIpc) is 4.35. The van der Waals surface area contributed by atoms with Crippen molar-refractivity contribution in [3.8, 4) is 11.5 Å². The van der Waals surface area contributed by atoms with Crippen LogP contribution in [0.1, 0.15) is 112 Å². The number of fused-ring (bicyclic) bond motifs is 6. The van der Waals surface area contributed by atoms with Crippen LogP contribution in [-0.4, -0.2) is 101 Å². The van der Waals surface area contributed by atoms with Crippen molar-refractivity contribution in [3.63, 3.8) is 0 Å². The number of nitrogens with zero attached hydrogens (tertiary/aromatic N) is 3. The number of carbonyl (C=O) groups excluding carboxylic acids is 8. The highest BCUT2D eigenvalue weighted by atomic mass is 35.5.